The van der Waals surface area contributed by atoms with Gasteiger partial charge in [-0.15, -0.1) is 0 Å². The van der Waals surface area contributed by atoms with Crippen molar-refractivity contribution in [1.82, 2.24) is 4.90 Å². The van der Waals surface area contributed by atoms with Crippen LogP contribution in [-0.4, -0.2) is 36.5 Å². The van der Waals surface area contributed by atoms with Crippen molar-refractivity contribution in [2.45, 2.75) is 26.3 Å². The first-order chi connectivity index (χ1) is 8.95. The first-order valence-electron chi connectivity index (χ1n) is 6.09. The SMILES string of the molecule is COC(=O)CCN(C(=O)c1ccc(F)cc1)C(C)C. The fourth-order valence-corrected chi connectivity index (χ4v) is 1.67. The van der Waals surface area contributed by atoms with Crippen molar-refractivity contribution in [3.63, 3.8) is 0 Å². The minimum absolute atomic E-state index is 0.0535. The number of halogens is 1. The molecule has 5 heteroatoms. The van der Waals surface area contributed by atoms with E-state index in [2.05, 4.69) is 4.74 Å². The fourth-order valence-electron chi connectivity index (χ4n) is 1.67. The highest BCUT2D eigenvalue weighted by molar-refractivity contribution is 5.94. The molecule has 0 spiro atoms. The number of carbonyl (C=O) groups excluding carboxylic acids is 2. The van der Waals surface area contributed by atoms with Crippen molar-refractivity contribution in [3.8, 4) is 0 Å². The van der Waals surface area contributed by atoms with Crippen molar-refractivity contribution in [3.05, 3.63) is 35.6 Å². The molecule has 0 saturated carbocycles. The second kappa shape index (κ2) is 6.87. The Bertz CT molecular complexity index is 443. The summed E-state index contributed by atoms with van der Waals surface area (Å²) >= 11 is 0. The molecule has 0 N–H and O–H groups in total. The quantitative estimate of drug-likeness (QED) is 0.769. The maximum atomic E-state index is 12.8. The normalized spacial score (nSPS) is 10.4. The molecule has 0 heterocycles. The van der Waals surface area contributed by atoms with Crippen molar-refractivity contribution in [1.29, 1.82) is 0 Å². The molecule has 0 bridgehead atoms. The van der Waals surface area contributed by atoms with E-state index in [1.807, 2.05) is 13.8 Å². The molecular weight excluding hydrogens is 249 g/mol. The lowest BCUT2D eigenvalue weighted by molar-refractivity contribution is -0.140. The van der Waals surface area contributed by atoms with Gasteiger partial charge in [-0.25, -0.2) is 4.39 Å². The molecule has 0 fully saturated rings. The van der Waals surface area contributed by atoms with Gasteiger partial charge in [-0.2, -0.15) is 0 Å². The van der Waals surface area contributed by atoms with Gasteiger partial charge >= 0.3 is 5.97 Å². The van der Waals surface area contributed by atoms with E-state index in [1.165, 1.54) is 31.4 Å². The number of hydrogen-bond donors (Lipinski definition) is 0. The molecule has 19 heavy (non-hydrogen) atoms. The maximum Gasteiger partial charge on any atom is 0.307 e. The van der Waals surface area contributed by atoms with Crippen LogP contribution in [0.4, 0.5) is 4.39 Å². The number of esters is 1. The zero-order chi connectivity index (χ0) is 14.4. The molecule has 0 aliphatic heterocycles. The highest BCUT2D eigenvalue weighted by Gasteiger charge is 2.19. The van der Waals surface area contributed by atoms with Crippen molar-refractivity contribution < 1.29 is 18.7 Å². The van der Waals surface area contributed by atoms with Crippen LogP contribution < -0.4 is 0 Å². The first-order valence-corrected chi connectivity index (χ1v) is 6.09. The Hall–Kier alpha value is -1.91. The first kappa shape index (κ1) is 15.1. The van der Waals surface area contributed by atoms with Gasteiger partial charge in [0.2, 0.25) is 0 Å². The van der Waals surface area contributed by atoms with Gasteiger partial charge in [0.05, 0.1) is 13.5 Å². The van der Waals surface area contributed by atoms with Crippen LogP contribution in [0.1, 0.15) is 30.6 Å². The molecule has 0 atom stereocenters. The lowest BCUT2D eigenvalue weighted by atomic mass is 10.1. The summed E-state index contributed by atoms with van der Waals surface area (Å²) in [6.45, 7) is 4.00. The van der Waals surface area contributed by atoms with Gasteiger partial charge in [0.1, 0.15) is 5.82 Å². The van der Waals surface area contributed by atoms with Gasteiger partial charge in [0, 0.05) is 18.2 Å². The lowest BCUT2D eigenvalue weighted by Gasteiger charge is -2.26. The summed E-state index contributed by atoms with van der Waals surface area (Å²) < 4.78 is 17.4. The number of carbonyl (C=O) groups is 2. The van der Waals surface area contributed by atoms with E-state index in [4.69, 9.17) is 0 Å². The lowest BCUT2D eigenvalue weighted by Crippen LogP contribution is -2.38. The average Bonchev–Trinajstić information content (AvgIpc) is 2.38. The number of hydrogen-bond acceptors (Lipinski definition) is 3. The molecule has 1 aromatic carbocycles. The van der Waals surface area contributed by atoms with Crippen molar-refractivity contribution >= 4 is 11.9 Å². The van der Waals surface area contributed by atoms with Crippen molar-refractivity contribution in [2.24, 2.45) is 0 Å². The Labute approximate surface area is 112 Å². The standard InChI is InChI=1S/C14H18FNO3/c1-10(2)16(9-8-13(17)19-3)14(18)11-4-6-12(15)7-5-11/h4-7,10H,8-9H2,1-3H3. The number of amides is 1. The third-order valence-corrected chi connectivity index (χ3v) is 2.76. The van der Waals surface area contributed by atoms with Crippen LogP contribution in [-0.2, 0) is 9.53 Å². The minimum Gasteiger partial charge on any atom is -0.469 e. The van der Waals surface area contributed by atoms with E-state index in [1.54, 1.807) is 4.90 Å². The van der Waals surface area contributed by atoms with E-state index >= 15 is 0 Å². The predicted octanol–water partition coefficient (Wildman–Crippen LogP) is 2.24. The number of benzene rings is 1. The molecule has 4 nitrogen and oxygen atoms in total. The van der Waals surface area contributed by atoms with Crippen LogP contribution in [0.5, 0.6) is 0 Å². The molecule has 0 aliphatic rings. The Kier molecular flexibility index (Phi) is 5.48. The summed E-state index contributed by atoms with van der Waals surface area (Å²) in [5.41, 5.74) is 0.403. The molecule has 104 valence electrons. The molecule has 1 aromatic rings. The Morgan fingerprint density at radius 3 is 2.32 bits per heavy atom. The highest BCUT2D eigenvalue weighted by atomic mass is 19.1. The third kappa shape index (κ3) is 4.35. The third-order valence-electron chi connectivity index (χ3n) is 2.76. The monoisotopic (exact) mass is 267 g/mol. The second-order valence-electron chi connectivity index (χ2n) is 4.43. The van der Waals surface area contributed by atoms with Crippen LogP contribution in [0.3, 0.4) is 0 Å². The Morgan fingerprint density at radius 2 is 1.84 bits per heavy atom. The maximum absolute atomic E-state index is 12.8. The largest absolute Gasteiger partial charge is 0.469 e. The van der Waals surface area contributed by atoms with Gasteiger partial charge in [0.25, 0.3) is 5.91 Å². The van der Waals surface area contributed by atoms with Gasteiger partial charge < -0.3 is 9.64 Å². The van der Waals surface area contributed by atoms with Crippen LogP contribution in [0.25, 0.3) is 0 Å². The fraction of sp³-hybridized carbons (Fsp3) is 0.429. The molecule has 0 aliphatic carbocycles. The molecule has 0 radical (unpaired) electrons. The molecule has 0 unspecified atom stereocenters. The van der Waals surface area contributed by atoms with Gasteiger partial charge in [-0.1, -0.05) is 0 Å². The summed E-state index contributed by atoms with van der Waals surface area (Å²) in [6.07, 6.45) is 0.140. The number of ether oxygens (including phenoxy) is 1. The van der Waals surface area contributed by atoms with E-state index < -0.39 is 0 Å². The van der Waals surface area contributed by atoms with E-state index in [0.717, 1.165) is 0 Å². The zero-order valence-corrected chi connectivity index (χ0v) is 11.4. The summed E-state index contributed by atoms with van der Waals surface area (Å²) in [4.78, 5) is 24.9. The van der Waals surface area contributed by atoms with Gasteiger partial charge in [0.15, 0.2) is 0 Å². The summed E-state index contributed by atoms with van der Waals surface area (Å²) in [5.74, 6) is -0.973. The highest BCUT2D eigenvalue weighted by Crippen LogP contribution is 2.10. The molecule has 1 amide bonds. The molecular formula is C14H18FNO3. The molecule has 0 saturated heterocycles. The van der Waals surface area contributed by atoms with Gasteiger partial charge in [-0.05, 0) is 38.1 Å². The summed E-state index contributed by atoms with van der Waals surface area (Å²) in [5, 5.41) is 0. The Balaban J connectivity index is 2.78. The van der Waals surface area contributed by atoms with Gasteiger partial charge in [-0.3, -0.25) is 9.59 Å². The van der Waals surface area contributed by atoms with Crippen molar-refractivity contribution in [2.75, 3.05) is 13.7 Å². The second-order valence-corrected chi connectivity index (χ2v) is 4.43. The topological polar surface area (TPSA) is 46.6 Å². The van der Waals surface area contributed by atoms with Crippen LogP contribution >= 0.6 is 0 Å². The van der Waals surface area contributed by atoms with Crippen LogP contribution in [0, 0.1) is 5.82 Å². The minimum atomic E-state index is -0.387. The number of methoxy groups -OCH3 is 1. The predicted molar refractivity (Wildman–Crippen MR) is 69.2 cm³/mol. The number of nitrogens with zero attached hydrogens (tertiary/aromatic N) is 1. The van der Waals surface area contributed by atoms with Crippen LogP contribution in [0.15, 0.2) is 24.3 Å². The summed E-state index contributed by atoms with van der Waals surface area (Å²) in [7, 11) is 1.31. The van der Waals surface area contributed by atoms with E-state index in [-0.39, 0.29) is 36.7 Å². The zero-order valence-electron chi connectivity index (χ0n) is 11.4. The van der Waals surface area contributed by atoms with E-state index in [9.17, 15) is 14.0 Å². The summed E-state index contributed by atoms with van der Waals surface area (Å²) in [6, 6.07) is 5.30. The Morgan fingerprint density at radius 1 is 1.26 bits per heavy atom. The molecule has 1 rings (SSSR count). The van der Waals surface area contributed by atoms with E-state index in [0.29, 0.717) is 5.56 Å². The smallest absolute Gasteiger partial charge is 0.307 e. The molecule has 0 aromatic heterocycles. The number of rotatable bonds is 5. The average molecular weight is 267 g/mol. The van der Waals surface area contributed by atoms with Crippen LogP contribution in [0.2, 0.25) is 0 Å².